The van der Waals surface area contributed by atoms with Gasteiger partial charge in [0.15, 0.2) is 11.6 Å². The van der Waals surface area contributed by atoms with Crippen LogP contribution in [0.3, 0.4) is 0 Å². The zero-order chi connectivity index (χ0) is 15.5. The van der Waals surface area contributed by atoms with Crippen molar-refractivity contribution in [3.8, 4) is 5.75 Å². The van der Waals surface area contributed by atoms with Gasteiger partial charge in [0.2, 0.25) is 5.91 Å². The van der Waals surface area contributed by atoms with Gasteiger partial charge in [0.05, 0.1) is 6.04 Å². The molecule has 1 amide bonds. The number of likely N-dealkylation sites (tertiary alicyclic amines) is 1. The van der Waals surface area contributed by atoms with Gasteiger partial charge in [0.25, 0.3) is 0 Å². The van der Waals surface area contributed by atoms with Crippen LogP contribution >= 0.6 is 12.4 Å². The van der Waals surface area contributed by atoms with Crippen molar-refractivity contribution in [2.24, 2.45) is 0 Å². The van der Waals surface area contributed by atoms with Crippen molar-refractivity contribution in [1.82, 2.24) is 10.2 Å². The van der Waals surface area contributed by atoms with Crippen LogP contribution in [-0.4, -0.2) is 42.6 Å². The topological polar surface area (TPSA) is 41.6 Å². The first-order chi connectivity index (χ1) is 10.6. The van der Waals surface area contributed by atoms with E-state index in [1.807, 2.05) is 4.90 Å². The van der Waals surface area contributed by atoms with Crippen LogP contribution in [0.1, 0.15) is 25.7 Å². The second kappa shape index (κ2) is 7.93. The van der Waals surface area contributed by atoms with Crippen LogP contribution in [-0.2, 0) is 4.79 Å². The minimum Gasteiger partial charge on any atom is -0.487 e. The molecule has 2 heterocycles. The van der Waals surface area contributed by atoms with Crippen LogP contribution in [0, 0.1) is 11.6 Å². The molecule has 23 heavy (non-hydrogen) atoms. The third-order valence-electron chi connectivity index (χ3n) is 4.30. The molecule has 0 saturated carbocycles. The number of carbonyl (C=O) groups excluding carboxylic acids is 1. The molecule has 1 atom stereocenters. The Balaban J connectivity index is 0.00000192. The number of rotatable bonds is 3. The predicted octanol–water partition coefficient (Wildman–Crippen LogP) is 2.51. The van der Waals surface area contributed by atoms with E-state index < -0.39 is 11.6 Å². The first-order valence-electron chi connectivity index (χ1n) is 7.77. The summed E-state index contributed by atoms with van der Waals surface area (Å²) in [6, 6.07) is 3.26. The number of nitrogens with one attached hydrogen (secondary N) is 1. The Morgan fingerprint density at radius 2 is 1.96 bits per heavy atom. The molecule has 3 rings (SSSR count). The van der Waals surface area contributed by atoms with E-state index in [0.29, 0.717) is 25.9 Å². The molecule has 2 saturated heterocycles. The largest absolute Gasteiger partial charge is 0.487 e. The van der Waals surface area contributed by atoms with E-state index in [1.54, 1.807) is 0 Å². The second-order valence-corrected chi connectivity index (χ2v) is 5.87. The maximum Gasteiger partial charge on any atom is 0.239 e. The fourth-order valence-electron chi connectivity index (χ4n) is 3.06. The van der Waals surface area contributed by atoms with Crippen molar-refractivity contribution in [3.05, 3.63) is 29.8 Å². The highest BCUT2D eigenvalue weighted by Crippen LogP contribution is 2.23. The smallest absolute Gasteiger partial charge is 0.239 e. The molecule has 1 N–H and O–H groups in total. The van der Waals surface area contributed by atoms with E-state index in [1.165, 1.54) is 12.1 Å². The van der Waals surface area contributed by atoms with Gasteiger partial charge in [-0.25, -0.2) is 8.78 Å². The van der Waals surface area contributed by atoms with Gasteiger partial charge < -0.3 is 15.0 Å². The summed E-state index contributed by atoms with van der Waals surface area (Å²) in [5, 5.41) is 3.21. The minimum atomic E-state index is -0.686. The highest BCUT2D eigenvalue weighted by Gasteiger charge is 2.30. The SMILES string of the molecule is Cl.O=C(C1CCCN1)N1CCC(Oc2ccc(F)cc2F)CC1. The molecule has 0 aliphatic carbocycles. The average Bonchev–Trinajstić information content (AvgIpc) is 3.04. The zero-order valence-corrected chi connectivity index (χ0v) is 13.6. The number of piperidine rings is 1. The third-order valence-corrected chi connectivity index (χ3v) is 4.30. The Hall–Kier alpha value is -1.40. The summed E-state index contributed by atoms with van der Waals surface area (Å²) >= 11 is 0. The van der Waals surface area contributed by atoms with Gasteiger partial charge >= 0.3 is 0 Å². The Kier molecular flexibility index (Phi) is 6.18. The van der Waals surface area contributed by atoms with Crippen molar-refractivity contribution in [2.75, 3.05) is 19.6 Å². The monoisotopic (exact) mass is 346 g/mol. The van der Waals surface area contributed by atoms with Gasteiger partial charge in [-0.3, -0.25) is 4.79 Å². The summed E-state index contributed by atoms with van der Waals surface area (Å²) in [5.74, 6) is -1.07. The zero-order valence-electron chi connectivity index (χ0n) is 12.8. The van der Waals surface area contributed by atoms with Gasteiger partial charge in [-0.1, -0.05) is 0 Å². The number of ether oxygens (including phenoxy) is 1. The highest BCUT2D eigenvalue weighted by molar-refractivity contribution is 5.85. The van der Waals surface area contributed by atoms with Crippen LogP contribution in [0.4, 0.5) is 8.78 Å². The molecule has 128 valence electrons. The maximum atomic E-state index is 13.6. The lowest BCUT2D eigenvalue weighted by atomic mass is 10.1. The first kappa shape index (κ1) is 17.9. The normalized spacial score (nSPS) is 21.8. The molecule has 7 heteroatoms. The summed E-state index contributed by atoms with van der Waals surface area (Å²) in [4.78, 5) is 14.1. The molecule has 0 aromatic heterocycles. The van der Waals surface area contributed by atoms with Crippen LogP contribution in [0.15, 0.2) is 18.2 Å². The van der Waals surface area contributed by atoms with Crippen LogP contribution in [0.25, 0.3) is 0 Å². The van der Waals surface area contributed by atoms with Gasteiger partial charge in [0, 0.05) is 32.0 Å². The van der Waals surface area contributed by atoms with E-state index in [-0.39, 0.29) is 36.2 Å². The minimum absolute atomic E-state index is 0. The standard InChI is InChI=1S/C16H20F2N2O2.ClH/c17-11-3-4-15(13(18)10-11)22-12-5-8-20(9-6-12)16(21)14-2-1-7-19-14;/h3-4,10,12,14,19H,1-2,5-9H2;1H. The molecular formula is C16H21ClF2N2O2. The maximum absolute atomic E-state index is 13.6. The van der Waals surface area contributed by atoms with Crippen molar-refractivity contribution in [1.29, 1.82) is 0 Å². The number of carbonyl (C=O) groups is 1. The summed E-state index contributed by atoms with van der Waals surface area (Å²) in [5.41, 5.74) is 0. The number of nitrogens with zero attached hydrogens (tertiary/aromatic N) is 1. The van der Waals surface area contributed by atoms with Gasteiger partial charge in [-0.05, 0) is 31.5 Å². The molecule has 0 spiro atoms. The van der Waals surface area contributed by atoms with Crippen LogP contribution in [0.5, 0.6) is 5.75 Å². The number of benzene rings is 1. The lowest BCUT2D eigenvalue weighted by molar-refractivity contribution is -0.134. The summed E-state index contributed by atoms with van der Waals surface area (Å²) in [7, 11) is 0. The van der Waals surface area contributed by atoms with Crippen molar-refractivity contribution < 1.29 is 18.3 Å². The molecule has 2 aliphatic heterocycles. The van der Waals surface area contributed by atoms with E-state index in [4.69, 9.17) is 4.74 Å². The molecule has 1 unspecified atom stereocenters. The molecule has 1 aromatic rings. The fraction of sp³-hybridized carbons (Fsp3) is 0.562. The summed E-state index contributed by atoms with van der Waals surface area (Å²) in [6.45, 7) is 2.13. The Labute approximate surface area is 140 Å². The Bertz CT molecular complexity index is 545. The van der Waals surface area contributed by atoms with Gasteiger partial charge in [-0.15, -0.1) is 12.4 Å². The van der Waals surface area contributed by atoms with E-state index in [9.17, 15) is 13.6 Å². The fourth-order valence-corrected chi connectivity index (χ4v) is 3.06. The quantitative estimate of drug-likeness (QED) is 0.914. The van der Waals surface area contributed by atoms with Crippen molar-refractivity contribution in [2.45, 2.75) is 37.8 Å². The van der Waals surface area contributed by atoms with Crippen LogP contribution in [0.2, 0.25) is 0 Å². The number of amides is 1. The van der Waals surface area contributed by atoms with Crippen molar-refractivity contribution >= 4 is 18.3 Å². The molecule has 2 aliphatic rings. The second-order valence-electron chi connectivity index (χ2n) is 5.87. The van der Waals surface area contributed by atoms with E-state index in [0.717, 1.165) is 25.5 Å². The molecular weight excluding hydrogens is 326 g/mol. The van der Waals surface area contributed by atoms with Gasteiger partial charge in [-0.2, -0.15) is 0 Å². The molecule has 0 bridgehead atoms. The Morgan fingerprint density at radius 3 is 2.57 bits per heavy atom. The third kappa shape index (κ3) is 4.32. The first-order valence-corrected chi connectivity index (χ1v) is 7.77. The molecule has 1 aromatic carbocycles. The Morgan fingerprint density at radius 1 is 1.22 bits per heavy atom. The predicted molar refractivity (Wildman–Crippen MR) is 84.9 cm³/mol. The average molecular weight is 347 g/mol. The van der Waals surface area contributed by atoms with Crippen LogP contribution < -0.4 is 10.1 Å². The number of hydrogen-bond donors (Lipinski definition) is 1. The van der Waals surface area contributed by atoms with Gasteiger partial charge in [0.1, 0.15) is 11.9 Å². The number of hydrogen-bond acceptors (Lipinski definition) is 3. The van der Waals surface area contributed by atoms with Crippen molar-refractivity contribution in [3.63, 3.8) is 0 Å². The summed E-state index contributed by atoms with van der Waals surface area (Å²) < 4.78 is 32.0. The number of halogens is 3. The molecule has 0 radical (unpaired) electrons. The summed E-state index contributed by atoms with van der Waals surface area (Å²) in [6.07, 6.45) is 3.13. The van der Waals surface area contributed by atoms with E-state index >= 15 is 0 Å². The lowest BCUT2D eigenvalue weighted by Crippen LogP contribution is -2.48. The molecule has 2 fully saturated rings. The molecule has 4 nitrogen and oxygen atoms in total. The lowest BCUT2D eigenvalue weighted by Gasteiger charge is -2.33. The highest BCUT2D eigenvalue weighted by atomic mass is 35.5. The van der Waals surface area contributed by atoms with E-state index in [2.05, 4.69) is 5.32 Å².